The minimum atomic E-state index is -1.18. The van der Waals surface area contributed by atoms with Crippen molar-refractivity contribution >= 4 is 29.2 Å². The highest BCUT2D eigenvalue weighted by molar-refractivity contribution is 6.35. The molecule has 0 radical (unpaired) electrons. The summed E-state index contributed by atoms with van der Waals surface area (Å²) in [6.45, 7) is 6.22. The lowest BCUT2D eigenvalue weighted by atomic mass is 10.2. The first-order valence-corrected chi connectivity index (χ1v) is 7.41. The fourth-order valence-corrected chi connectivity index (χ4v) is 2.04. The molecule has 0 saturated carbocycles. The van der Waals surface area contributed by atoms with E-state index in [1.807, 2.05) is 13.8 Å². The molecule has 0 fully saturated rings. The van der Waals surface area contributed by atoms with Crippen LogP contribution in [0.15, 0.2) is 18.2 Å². The number of hydrogen-bond donors (Lipinski definition) is 1. The van der Waals surface area contributed by atoms with Gasteiger partial charge < -0.3 is 14.7 Å². The Bertz CT molecular complexity index is 478. The molecule has 0 heterocycles. The summed E-state index contributed by atoms with van der Waals surface area (Å²) >= 11 is 11.8. The van der Waals surface area contributed by atoms with Gasteiger partial charge in [-0.15, -0.1) is 5.06 Å². The number of aliphatic hydroxyl groups is 1. The minimum Gasteiger partial charge on any atom is -0.474 e. The summed E-state index contributed by atoms with van der Waals surface area (Å²) in [4.78, 5) is 17.2. The molecule has 0 aromatic heterocycles. The van der Waals surface area contributed by atoms with Gasteiger partial charge in [-0.2, -0.15) is 0 Å². The first-order valence-electron chi connectivity index (χ1n) is 6.65. The van der Waals surface area contributed by atoms with Crippen molar-refractivity contribution < 1.29 is 19.5 Å². The molecule has 7 heteroatoms. The van der Waals surface area contributed by atoms with Crippen molar-refractivity contribution in [3.05, 3.63) is 28.2 Å². The zero-order chi connectivity index (χ0) is 16.0. The van der Waals surface area contributed by atoms with Gasteiger partial charge in [-0.1, -0.05) is 23.2 Å². The van der Waals surface area contributed by atoms with E-state index in [0.29, 0.717) is 18.1 Å². The summed E-state index contributed by atoms with van der Waals surface area (Å²) in [6, 6.07) is 4.61. The predicted molar refractivity (Wildman–Crippen MR) is 81.6 cm³/mol. The van der Waals surface area contributed by atoms with Crippen LogP contribution in [0.3, 0.4) is 0 Å². The Morgan fingerprint density at radius 2 is 1.95 bits per heavy atom. The van der Waals surface area contributed by atoms with Crippen LogP contribution in [0.5, 0.6) is 5.75 Å². The molecule has 0 aliphatic carbocycles. The van der Waals surface area contributed by atoms with Gasteiger partial charge in [0.1, 0.15) is 5.75 Å². The molecule has 1 aromatic carbocycles. The molecular formula is C14H19Cl2NO4. The second kappa shape index (κ2) is 8.44. The lowest BCUT2D eigenvalue weighted by Crippen LogP contribution is -2.42. The highest BCUT2D eigenvalue weighted by atomic mass is 35.5. The molecule has 5 nitrogen and oxygen atoms in total. The summed E-state index contributed by atoms with van der Waals surface area (Å²) in [5.41, 5.74) is 0. The average Bonchev–Trinajstić information content (AvgIpc) is 2.43. The Morgan fingerprint density at radius 1 is 1.33 bits per heavy atom. The standard InChI is InChI=1S/C14H19Cl2NO4/c1-4-17(5-2)21-14(19)13(9(3)18)20-12-7-6-10(15)8-11(12)16/h6-9,13,18H,4-5H2,1-3H3. The van der Waals surface area contributed by atoms with Gasteiger partial charge in [0.25, 0.3) is 0 Å². The van der Waals surface area contributed by atoms with E-state index < -0.39 is 18.2 Å². The number of carbonyl (C=O) groups excluding carboxylic acids is 1. The minimum absolute atomic E-state index is 0.253. The van der Waals surface area contributed by atoms with Crippen LogP contribution >= 0.6 is 23.2 Å². The third kappa shape index (κ3) is 5.36. The van der Waals surface area contributed by atoms with E-state index in [0.717, 1.165) is 0 Å². The number of rotatable bonds is 7. The van der Waals surface area contributed by atoms with Crippen LogP contribution in [0, 0.1) is 0 Å². The topological polar surface area (TPSA) is 59.0 Å². The maximum atomic E-state index is 12.1. The summed E-state index contributed by atoms with van der Waals surface area (Å²) < 4.78 is 5.47. The first-order chi connectivity index (χ1) is 9.88. The zero-order valence-corrected chi connectivity index (χ0v) is 13.7. The van der Waals surface area contributed by atoms with Gasteiger partial charge in [-0.3, -0.25) is 0 Å². The molecule has 21 heavy (non-hydrogen) atoms. The van der Waals surface area contributed by atoms with Gasteiger partial charge in [0, 0.05) is 18.1 Å². The van der Waals surface area contributed by atoms with Crippen molar-refractivity contribution in [1.82, 2.24) is 5.06 Å². The Balaban J connectivity index is 2.84. The van der Waals surface area contributed by atoms with Crippen LogP contribution in [-0.4, -0.2) is 41.4 Å². The van der Waals surface area contributed by atoms with Crippen molar-refractivity contribution in [1.29, 1.82) is 0 Å². The Hall–Kier alpha value is -1.01. The van der Waals surface area contributed by atoms with Crippen molar-refractivity contribution in [2.45, 2.75) is 33.0 Å². The monoisotopic (exact) mass is 335 g/mol. The number of benzene rings is 1. The lowest BCUT2D eigenvalue weighted by molar-refractivity contribution is -0.201. The number of nitrogens with zero attached hydrogens (tertiary/aromatic N) is 1. The number of carbonyl (C=O) groups is 1. The van der Waals surface area contributed by atoms with E-state index in [1.165, 1.54) is 24.1 Å². The van der Waals surface area contributed by atoms with Crippen molar-refractivity contribution in [2.24, 2.45) is 0 Å². The molecule has 0 spiro atoms. The van der Waals surface area contributed by atoms with Crippen LogP contribution in [0.4, 0.5) is 0 Å². The molecule has 0 bridgehead atoms. The molecule has 118 valence electrons. The Kier molecular flexibility index (Phi) is 7.25. The van der Waals surface area contributed by atoms with Gasteiger partial charge in [0.2, 0.25) is 6.10 Å². The predicted octanol–water partition coefficient (Wildman–Crippen LogP) is 2.92. The van der Waals surface area contributed by atoms with E-state index in [-0.39, 0.29) is 10.8 Å². The Morgan fingerprint density at radius 3 is 2.43 bits per heavy atom. The summed E-state index contributed by atoms with van der Waals surface area (Å²) in [6.07, 6.45) is -2.23. The molecule has 0 saturated heterocycles. The van der Waals surface area contributed by atoms with Gasteiger partial charge in [0.15, 0.2) is 0 Å². The van der Waals surface area contributed by atoms with E-state index >= 15 is 0 Å². The number of hydrogen-bond acceptors (Lipinski definition) is 5. The van der Waals surface area contributed by atoms with E-state index in [9.17, 15) is 9.90 Å². The SMILES string of the molecule is CCN(CC)OC(=O)C(Oc1ccc(Cl)cc1Cl)C(C)O. The van der Waals surface area contributed by atoms with Crippen LogP contribution in [0.2, 0.25) is 10.0 Å². The third-order valence-electron chi connectivity index (χ3n) is 2.74. The van der Waals surface area contributed by atoms with E-state index in [1.54, 1.807) is 6.07 Å². The van der Waals surface area contributed by atoms with Gasteiger partial charge >= 0.3 is 5.97 Å². The maximum Gasteiger partial charge on any atom is 0.368 e. The van der Waals surface area contributed by atoms with Crippen molar-refractivity contribution in [3.63, 3.8) is 0 Å². The summed E-state index contributed by atoms with van der Waals surface area (Å²) in [5, 5.41) is 11.9. The normalized spacial score (nSPS) is 13.9. The third-order valence-corrected chi connectivity index (χ3v) is 3.27. The smallest absolute Gasteiger partial charge is 0.368 e. The molecule has 0 amide bonds. The number of aliphatic hydroxyl groups excluding tert-OH is 1. The fourth-order valence-electron chi connectivity index (χ4n) is 1.58. The quantitative estimate of drug-likeness (QED) is 0.776. The van der Waals surface area contributed by atoms with Crippen LogP contribution < -0.4 is 4.74 Å². The summed E-state index contributed by atoms with van der Waals surface area (Å²) in [5.74, 6) is -0.428. The molecule has 2 unspecified atom stereocenters. The maximum absolute atomic E-state index is 12.1. The largest absolute Gasteiger partial charge is 0.474 e. The van der Waals surface area contributed by atoms with Crippen LogP contribution in [-0.2, 0) is 9.63 Å². The van der Waals surface area contributed by atoms with Gasteiger partial charge in [0.05, 0.1) is 11.1 Å². The van der Waals surface area contributed by atoms with Gasteiger partial charge in [-0.25, -0.2) is 4.79 Å². The number of hydroxylamine groups is 2. The second-order valence-corrected chi connectivity index (χ2v) is 5.22. The number of halogens is 2. The highest BCUT2D eigenvalue weighted by Gasteiger charge is 2.29. The van der Waals surface area contributed by atoms with Crippen molar-refractivity contribution in [2.75, 3.05) is 13.1 Å². The number of ether oxygens (including phenoxy) is 1. The molecule has 0 aliphatic heterocycles. The molecular weight excluding hydrogens is 317 g/mol. The second-order valence-electron chi connectivity index (χ2n) is 4.38. The first kappa shape index (κ1) is 18.0. The van der Waals surface area contributed by atoms with E-state index in [4.69, 9.17) is 32.8 Å². The molecule has 1 rings (SSSR count). The molecule has 2 atom stereocenters. The highest BCUT2D eigenvalue weighted by Crippen LogP contribution is 2.29. The molecule has 0 aliphatic rings. The summed E-state index contributed by atoms with van der Waals surface area (Å²) in [7, 11) is 0. The average molecular weight is 336 g/mol. The van der Waals surface area contributed by atoms with Crippen LogP contribution in [0.1, 0.15) is 20.8 Å². The lowest BCUT2D eigenvalue weighted by Gasteiger charge is -2.24. The van der Waals surface area contributed by atoms with E-state index in [2.05, 4.69) is 0 Å². The van der Waals surface area contributed by atoms with Crippen molar-refractivity contribution in [3.8, 4) is 5.75 Å². The van der Waals surface area contributed by atoms with Crippen LogP contribution in [0.25, 0.3) is 0 Å². The Labute approximate surface area is 134 Å². The fraction of sp³-hybridized carbons (Fsp3) is 0.500. The molecule has 1 aromatic rings. The van der Waals surface area contributed by atoms with Gasteiger partial charge in [-0.05, 0) is 39.0 Å². The molecule has 1 N–H and O–H groups in total. The zero-order valence-electron chi connectivity index (χ0n) is 12.2.